The second kappa shape index (κ2) is 5.81. The van der Waals surface area contributed by atoms with E-state index in [1.807, 2.05) is 41.4 Å². The molecule has 0 bridgehead atoms. The Morgan fingerprint density at radius 2 is 2.07 bits per heavy atom. The molecule has 134 valence electrons. The Hall–Kier alpha value is -3.41. The smallest absolute Gasteiger partial charge is 0.254 e. The minimum absolute atomic E-state index is 0.0434. The zero-order valence-electron chi connectivity index (χ0n) is 14.7. The van der Waals surface area contributed by atoms with E-state index >= 15 is 0 Å². The fourth-order valence-corrected chi connectivity index (χ4v) is 3.97. The van der Waals surface area contributed by atoms with Gasteiger partial charge in [0, 0.05) is 30.6 Å². The molecule has 2 aliphatic heterocycles. The van der Waals surface area contributed by atoms with Gasteiger partial charge in [-0.05, 0) is 34.9 Å². The van der Waals surface area contributed by atoms with E-state index in [0.29, 0.717) is 19.6 Å². The Morgan fingerprint density at radius 1 is 1.22 bits per heavy atom. The lowest BCUT2D eigenvalue weighted by atomic mass is 9.98. The Balaban J connectivity index is 1.43. The van der Waals surface area contributed by atoms with Gasteiger partial charge in [-0.25, -0.2) is 0 Å². The van der Waals surface area contributed by atoms with E-state index in [1.165, 1.54) is 6.08 Å². The predicted octanol–water partition coefficient (Wildman–Crippen LogP) is 2.58. The number of hydrogen-bond donors (Lipinski definition) is 1. The average Bonchev–Trinajstić information content (AvgIpc) is 3.25. The molecule has 27 heavy (non-hydrogen) atoms. The van der Waals surface area contributed by atoms with E-state index in [4.69, 9.17) is 0 Å². The topological polar surface area (TPSA) is 69.3 Å². The van der Waals surface area contributed by atoms with E-state index < -0.39 is 0 Å². The van der Waals surface area contributed by atoms with Crippen LogP contribution >= 0.6 is 0 Å². The predicted molar refractivity (Wildman–Crippen MR) is 102 cm³/mol. The summed E-state index contributed by atoms with van der Waals surface area (Å²) in [6, 6.07) is 12.2. The maximum atomic E-state index is 13.0. The third-order valence-corrected chi connectivity index (χ3v) is 5.53. The lowest BCUT2D eigenvalue weighted by molar-refractivity contribution is -0.132. The van der Waals surface area contributed by atoms with Crippen LogP contribution in [0.1, 0.15) is 15.9 Å². The van der Waals surface area contributed by atoms with Crippen LogP contribution in [0.4, 0.5) is 0 Å². The second-order valence-electron chi connectivity index (χ2n) is 7.04. The molecule has 1 saturated heterocycles. The molecule has 3 heterocycles. The zero-order chi connectivity index (χ0) is 18.5. The van der Waals surface area contributed by atoms with Crippen molar-refractivity contribution in [2.75, 3.05) is 13.1 Å². The summed E-state index contributed by atoms with van der Waals surface area (Å²) >= 11 is 0. The van der Waals surface area contributed by atoms with Crippen LogP contribution in [0, 0.1) is 0 Å². The van der Waals surface area contributed by atoms with Gasteiger partial charge in [0.05, 0.1) is 17.8 Å². The molecule has 6 nitrogen and oxygen atoms in total. The summed E-state index contributed by atoms with van der Waals surface area (Å²) in [5.74, 6) is -0.0344. The van der Waals surface area contributed by atoms with Crippen molar-refractivity contribution in [2.24, 2.45) is 0 Å². The fraction of sp³-hybridized carbons (Fsp3) is 0.190. The van der Waals surface area contributed by atoms with Crippen LogP contribution in [-0.2, 0) is 11.3 Å². The van der Waals surface area contributed by atoms with Crippen molar-refractivity contribution in [2.45, 2.75) is 12.6 Å². The Morgan fingerprint density at radius 3 is 2.89 bits per heavy atom. The van der Waals surface area contributed by atoms with Crippen molar-refractivity contribution in [3.8, 4) is 11.1 Å². The highest BCUT2D eigenvalue weighted by atomic mass is 16.2. The second-order valence-corrected chi connectivity index (χ2v) is 7.04. The molecule has 1 fully saturated rings. The molecular formula is C21H18N4O2. The molecular weight excluding hydrogens is 340 g/mol. The fourth-order valence-electron chi connectivity index (χ4n) is 3.97. The molecule has 3 aromatic rings. The summed E-state index contributed by atoms with van der Waals surface area (Å²) in [4.78, 5) is 28.2. The van der Waals surface area contributed by atoms with Gasteiger partial charge in [-0.15, -0.1) is 0 Å². The summed E-state index contributed by atoms with van der Waals surface area (Å²) in [5, 5.41) is 8.14. The molecule has 0 saturated carbocycles. The van der Waals surface area contributed by atoms with Crippen molar-refractivity contribution in [1.29, 1.82) is 0 Å². The van der Waals surface area contributed by atoms with Crippen LogP contribution in [0.25, 0.3) is 22.0 Å². The maximum absolute atomic E-state index is 13.0. The van der Waals surface area contributed by atoms with Crippen LogP contribution in [0.15, 0.2) is 55.3 Å². The maximum Gasteiger partial charge on any atom is 0.254 e. The quantitative estimate of drug-likeness (QED) is 0.732. The van der Waals surface area contributed by atoms with E-state index in [0.717, 1.165) is 33.2 Å². The summed E-state index contributed by atoms with van der Waals surface area (Å²) in [6.45, 7) is 5.26. The molecule has 5 rings (SSSR count). The minimum atomic E-state index is -0.0779. The Bertz CT molecular complexity index is 1090. The van der Waals surface area contributed by atoms with Gasteiger partial charge in [-0.2, -0.15) is 5.10 Å². The largest absolute Gasteiger partial charge is 0.335 e. The zero-order valence-corrected chi connectivity index (χ0v) is 14.7. The standard InChI is InChI=1S/C21H18N4O2/c1-2-20(26)24-11-15(12-24)25-10-14-7-6-13(8-17(14)21(25)27)16-4-3-5-19-18(16)9-22-23-19/h2-9,15H,1,10-12H2,(H,22,23). The van der Waals surface area contributed by atoms with Crippen LogP contribution in [-0.4, -0.2) is 50.9 Å². The van der Waals surface area contributed by atoms with E-state index in [2.05, 4.69) is 22.8 Å². The summed E-state index contributed by atoms with van der Waals surface area (Å²) in [5.41, 5.74) is 4.83. The van der Waals surface area contributed by atoms with E-state index in [9.17, 15) is 9.59 Å². The van der Waals surface area contributed by atoms with Crippen LogP contribution in [0.5, 0.6) is 0 Å². The third-order valence-electron chi connectivity index (χ3n) is 5.53. The van der Waals surface area contributed by atoms with Crippen molar-refractivity contribution < 1.29 is 9.59 Å². The van der Waals surface area contributed by atoms with Gasteiger partial charge in [-0.3, -0.25) is 14.7 Å². The van der Waals surface area contributed by atoms with Crippen LogP contribution in [0.2, 0.25) is 0 Å². The SMILES string of the molecule is C=CC(=O)N1CC(N2Cc3ccc(-c4cccc5[nH]ncc45)cc3C2=O)C1. The highest BCUT2D eigenvalue weighted by Gasteiger charge is 2.40. The summed E-state index contributed by atoms with van der Waals surface area (Å²) in [6.07, 6.45) is 3.13. The number of carbonyl (C=O) groups excluding carboxylic acids is 2. The Labute approximate surface area is 156 Å². The number of aromatic nitrogens is 2. The van der Waals surface area contributed by atoms with E-state index in [-0.39, 0.29) is 17.9 Å². The highest BCUT2D eigenvalue weighted by molar-refractivity contribution is 6.02. The minimum Gasteiger partial charge on any atom is -0.335 e. The van der Waals surface area contributed by atoms with Gasteiger partial charge in [0.2, 0.25) is 5.91 Å². The third kappa shape index (κ3) is 2.37. The number of rotatable bonds is 3. The van der Waals surface area contributed by atoms with Crippen LogP contribution < -0.4 is 0 Å². The molecule has 0 unspecified atom stereocenters. The first kappa shape index (κ1) is 15.8. The molecule has 1 aromatic heterocycles. The first-order valence-electron chi connectivity index (χ1n) is 8.93. The average molecular weight is 358 g/mol. The molecule has 0 atom stereocenters. The number of amides is 2. The lowest BCUT2D eigenvalue weighted by Gasteiger charge is -2.43. The molecule has 2 amide bonds. The summed E-state index contributed by atoms with van der Waals surface area (Å²) < 4.78 is 0. The normalized spacial score (nSPS) is 16.5. The lowest BCUT2D eigenvalue weighted by Crippen LogP contribution is -2.60. The number of fused-ring (bicyclic) bond motifs is 2. The summed E-state index contributed by atoms with van der Waals surface area (Å²) in [7, 11) is 0. The number of H-pyrrole nitrogens is 1. The number of nitrogens with zero attached hydrogens (tertiary/aromatic N) is 3. The molecule has 6 heteroatoms. The van der Waals surface area contributed by atoms with Gasteiger partial charge in [0.1, 0.15) is 0 Å². The van der Waals surface area contributed by atoms with Gasteiger partial charge >= 0.3 is 0 Å². The number of aromatic amines is 1. The number of carbonyl (C=O) groups is 2. The monoisotopic (exact) mass is 358 g/mol. The Kier molecular flexibility index (Phi) is 3.40. The van der Waals surface area contributed by atoms with Gasteiger partial charge in [0.25, 0.3) is 5.91 Å². The van der Waals surface area contributed by atoms with Gasteiger partial charge < -0.3 is 9.80 Å². The van der Waals surface area contributed by atoms with Crippen molar-refractivity contribution >= 4 is 22.7 Å². The molecule has 2 aromatic carbocycles. The number of benzene rings is 2. The number of likely N-dealkylation sites (tertiary alicyclic amines) is 1. The highest BCUT2D eigenvalue weighted by Crippen LogP contribution is 2.33. The van der Waals surface area contributed by atoms with Crippen molar-refractivity contribution in [1.82, 2.24) is 20.0 Å². The molecule has 0 spiro atoms. The number of nitrogens with one attached hydrogen (secondary N) is 1. The molecule has 1 N–H and O–H groups in total. The first-order chi connectivity index (χ1) is 13.2. The van der Waals surface area contributed by atoms with E-state index in [1.54, 1.807) is 4.90 Å². The van der Waals surface area contributed by atoms with Crippen molar-refractivity contribution in [3.63, 3.8) is 0 Å². The van der Waals surface area contributed by atoms with Gasteiger partial charge in [-0.1, -0.05) is 30.8 Å². The molecule has 0 radical (unpaired) electrons. The number of hydrogen-bond acceptors (Lipinski definition) is 3. The van der Waals surface area contributed by atoms with Gasteiger partial charge in [0.15, 0.2) is 0 Å². The van der Waals surface area contributed by atoms with Crippen LogP contribution in [0.3, 0.4) is 0 Å². The van der Waals surface area contributed by atoms with Crippen molar-refractivity contribution in [3.05, 3.63) is 66.4 Å². The molecule has 0 aliphatic carbocycles. The molecule has 2 aliphatic rings. The first-order valence-corrected chi connectivity index (χ1v) is 8.93.